The van der Waals surface area contributed by atoms with Gasteiger partial charge in [0, 0.05) is 24.8 Å². The zero-order valence-corrected chi connectivity index (χ0v) is 12.7. The van der Waals surface area contributed by atoms with E-state index in [1.54, 1.807) is 29.8 Å². The van der Waals surface area contributed by atoms with Gasteiger partial charge in [0.15, 0.2) is 15.1 Å². The molecule has 0 saturated carbocycles. The van der Waals surface area contributed by atoms with Crippen LogP contribution in [-0.2, 0) is 10.0 Å². The van der Waals surface area contributed by atoms with Crippen LogP contribution >= 0.6 is 22.9 Å². The van der Waals surface area contributed by atoms with Crippen LogP contribution in [0.5, 0.6) is 0 Å². The maximum absolute atomic E-state index is 12.7. The Hall–Kier alpha value is -1.64. The van der Waals surface area contributed by atoms with Crippen LogP contribution in [0, 0.1) is 0 Å². The van der Waals surface area contributed by atoms with Gasteiger partial charge in [-0.2, -0.15) is 8.42 Å². The van der Waals surface area contributed by atoms with Gasteiger partial charge in [-0.15, -0.1) is 11.3 Å². The summed E-state index contributed by atoms with van der Waals surface area (Å²) in [5.74, 6) is 0.314. The van der Waals surface area contributed by atoms with Crippen LogP contribution in [0.15, 0.2) is 41.0 Å². The third-order valence-electron chi connectivity index (χ3n) is 2.76. The van der Waals surface area contributed by atoms with Gasteiger partial charge in [0.2, 0.25) is 0 Å². The Morgan fingerprint density at radius 2 is 2.20 bits per heavy atom. The minimum Gasteiger partial charge on any atom is -0.278 e. The van der Waals surface area contributed by atoms with E-state index in [0.29, 0.717) is 10.8 Å². The lowest BCUT2D eigenvalue weighted by atomic mass is 10.5. The second kappa shape index (κ2) is 4.72. The lowest BCUT2D eigenvalue weighted by Gasteiger charge is -2.17. The van der Waals surface area contributed by atoms with Crippen molar-refractivity contribution in [2.24, 2.45) is 0 Å². The summed E-state index contributed by atoms with van der Waals surface area (Å²) >= 11 is 7.29. The van der Waals surface area contributed by atoms with Crippen molar-refractivity contribution in [1.82, 2.24) is 14.4 Å². The SMILES string of the molecule is CN(c1ccccn1)S(=O)(=O)c1c(Cl)nc2sccn12. The van der Waals surface area contributed by atoms with Crippen LogP contribution in [0.1, 0.15) is 0 Å². The van der Waals surface area contributed by atoms with Crippen LogP contribution in [-0.4, -0.2) is 29.8 Å². The number of hydrogen-bond acceptors (Lipinski definition) is 5. The van der Waals surface area contributed by atoms with E-state index in [1.165, 1.54) is 29.0 Å². The third kappa shape index (κ3) is 1.96. The highest BCUT2D eigenvalue weighted by molar-refractivity contribution is 7.92. The average Bonchev–Trinajstić information content (AvgIpc) is 2.98. The second-order valence-corrected chi connectivity index (χ2v) is 7.04. The number of rotatable bonds is 3. The molecule has 0 aliphatic rings. The first-order valence-corrected chi connectivity index (χ1v) is 8.22. The van der Waals surface area contributed by atoms with Crippen molar-refractivity contribution in [3.8, 4) is 0 Å². The minimum atomic E-state index is -3.83. The minimum absolute atomic E-state index is 0.0420. The number of imidazole rings is 1. The highest BCUT2D eigenvalue weighted by Crippen LogP contribution is 2.28. The maximum Gasteiger partial charge on any atom is 0.284 e. The Labute approximate surface area is 124 Å². The van der Waals surface area contributed by atoms with E-state index in [1.807, 2.05) is 0 Å². The van der Waals surface area contributed by atoms with Crippen LogP contribution in [0.25, 0.3) is 4.96 Å². The quantitative estimate of drug-likeness (QED) is 0.739. The van der Waals surface area contributed by atoms with Crippen LogP contribution in [0.4, 0.5) is 5.82 Å². The normalized spacial score (nSPS) is 11.9. The standard InChI is InChI=1S/C11H9ClN4O2S2/c1-15(8-4-2-3-5-13-8)20(17,18)10-9(12)14-11-16(10)6-7-19-11/h2-7H,1H3. The number of halogens is 1. The zero-order valence-electron chi connectivity index (χ0n) is 10.3. The molecule has 9 heteroatoms. The van der Waals surface area contributed by atoms with E-state index in [9.17, 15) is 8.42 Å². The molecule has 0 unspecified atom stereocenters. The highest BCUT2D eigenvalue weighted by atomic mass is 35.5. The van der Waals surface area contributed by atoms with Crippen molar-refractivity contribution in [2.75, 3.05) is 11.4 Å². The fraction of sp³-hybridized carbons (Fsp3) is 0.0909. The molecule has 0 aliphatic carbocycles. The predicted octanol–water partition coefficient (Wildman–Crippen LogP) is 2.27. The molecule has 0 aromatic carbocycles. The summed E-state index contributed by atoms with van der Waals surface area (Å²) in [6.45, 7) is 0. The number of anilines is 1. The molecule has 0 bridgehead atoms. The number of aromatic nitrogens is 3. The first-order valence-electron chi connectivity index (χ1n) is 5.53. The van der Waals surface area contributed by atoms with Gasteiger partial charge in [0.25, 0.3) is 10.0 Å². The molecule has 104 valence electrons. The van der Waals surface area contributed by atoms with Gasteiger partial charge in [-0.3, -0.25) is 8.71 Å². The molecule has 3 aromatic heterocycles. The molecule has 0 radical (unpaired) electrons. The first-order chi connectivity index (χ1) is 9.51. The van der Waals surface area contributed by atoms with E-state index >= 15 is 0 Å². The summed E-state index contributed by atoms with van der Waals surface area (Å²) in [5.41, 5.74) is 0. The lowest BCUT2D eigenvalue weighted by molar-refractivity contribution is 0.589. The fourth-order valence-corrected chi connectivity index (χ4v) is 4.32. The third-order valence-corrected chi connectivity index (χ3v) is 5.67. The molecule has 0 atom stereocenters. The van der Waals surface area contributed by atoms with Gasteiger partial charge in [-0.05, 0) is 12.1 Å². The monoisotopic (exact) mass is 328 g/mol. The van der Waals surface area contributed by atoms with E-state index in [2.05, 4.69) is 9.97 Å². The molecule has 3 rings (SSSR count). The number of thiazole rings is 1. The molecule has 0 amide bonds. The van der Waals surface area contributed by atoms with Crippen molar-refractivity contribution in [2.45, 2.75) is 5.03 Å². The summed E-state index contributed by atoms with van der Waals surface area (Å²) in [6, 6.07) is 5.04. The van der Waals surface area contributed by atoms with Gasteiger partial charge >= 0.3 is 0 Å². The number of nitrogens with zero attached hydrogens (tertiary/aromatic N) is 4. The van der Waals surface area contributed by atoms with E-state index in [-0.39, 0.29) is 10.2 Å². The maximum atomic E-state index is 12.7. The average molecular weight is 329 g/mol. The van der Waals surface area contributed by atoms with Gasteiger partial charge in [-0.25, -0.2) is 9.97 Å². The number of sulfonamides is 1. The molecule has 6 nitrogen and oxygen atoms in total. The second-order valence-electron chi connectivity index (χ2n) is 3.92. The summed E-state index contributed by atoms with van der Waals surface area (Å²) in [7, 11) is -2.40. The number of hydrogen-bond donors (Lipinski definition) is 0. The van der Waals surface area contributed by atoms with Crippen molar-refractivity contribution in [3.63, 3.8) is 0 Å². The molecule has 0 spiro atoms. The molecule has 3 heterocycles. The molecule has 0 fully saturated rings. The lowest BCUT2D eigenvalue weighted by Crippen LogP contribution is -2.28. The molecular weight excluding hydrogens is 320 g/mol. The van der Waals surface area contributed by atoms with Crippen molar-refractivity contribution in [1.29, 1.82) is 0 Å². The molecule has 0 saturated heterocycles. The highest BCUT2D eigenvalue weighted by Gasteiger charge is 2.30. The zero-order chi connectivity index (χ0) is 14.3. The Balaban J connectivity index is 2.17. The fourth-order valence-electron chi connectivity index (χ4n) is 1.76. The molecule has 0 aliphatic heterocycles. The van der Waals surface area contributed by atoms with Gasteiger partial charge in [0.1, 0.15) is 5.82 Å². The van der Waals surface area contributed by atoms with Crippen LogP contribution < -0.4 is 4.31 Å². The predicted molar refractivity (Wildman–Crippen MR) is 77.9 cm³/mol. The van der Waals surface area contributed by atoms with E-state index < -0.39 is 10.0 Å². The van der Waals surface area contributed by atoms with Gasteiger partial charge in [0.05, 0.1) is 0 Å². The van der Waals surface area contributed by atoms with Crippen LogP contribution in [0.3, 0.4) is 0 Å². The summed E-state index contributed by atoms with van der Waals surface area (Å²) in [6.07, 6.45) is 3.15. The summed E-state index contributed by atoms with van der Waals surface area (Å²) in [4.78, 5) is 8.60. The number of fused-ring (bicyclic) bond motifs is 1. The van der Waals surface area contributed by atoms with E-state index in [4.69, 9.17) is 11.6 Å². The Bertz CT molecular complexity index is 857. The number of pyridine rings is 1. The Morgan fingerprint density at radius 1 is 1.40 bits per heavy atom. The largest absolute Gasteiger partial charge is 0.284 e. The van der Waals surface area contributed by atoms with Gasteiger partial charge < -0.3 is 0 Å². The molecular formula is C11H9ClN4O2S2. The van der Waals surface area contributed by atoms with Crippen molar-refractivity contribution in [3.05, 3.63) is 41.1 Å². The van der Waals surface area contributed by atoms with Crippen LogP contribution in [0.2, 0.25) is 5.15 Å². The first kappa shape index (κ1) is 13.3. The Morgan fingerprint density at radius 3 is 2.90 bits per heavy atom. The smallest absolute Gasteiger partial charge is 0.278 e. The summed E-state index contributed by atoms with van der Waals surface area (Å²) < 4.78 is 27.9. The molecule has 20 heavy (non-hydrogen) atoms. The topological polar surface area (TPSA) is 67.6 Å². The summed E-state index contributed by atoms with van der Waals surface area (Å²) in [5, 5.41) is 1.65. The molecule has 0 N–H and O–H groups in total. The Kier molecular flexibility index (Phi) is 3.15. The van der Waals surface area contributed by atoms with Crippen molar-refractivity contribution < 1.29 is 8.42 Å². The van der Waals surface area contributed by atoms with Crippen molar-refractivity contribution >= 4 is 43.7 Å². The van der Waals surface area contributed by atoms with Gasteiger partial charge in [-0.1, -0.05) is 17.7 Å². The van der Waals surface area contributed by atoms with E-state index in [0.717, 1.165) is 4.31 Å². The molecule has 3 aromatic rings.